The molecule has 0 amide bonds. The number of hydrogen-bond donors (Lipinski definition) is 0. The van der Waals surface area contributed by atoms with Gasteiger partial charge < -0.3 is 0 Å². The Bertz CT molecular complexity index is 98.2. The largest absolute Gasteiger partial charge is 0.257 e. The summed E-state index contributed by atoms with van der Waals surface area (Å²) >= 11 is 0. The molecule has 1 aliphatic rings. The van der Waals surface area contributed by atoms with Gasteiger partial charge in [0.05, 0.1) is 5.92 Å². The Morgan fingerprint density at radius 1 is 1.38 bits per heavy atom. The van der Waals surface area contributed by atoms with Crippen LogP contribution in [-0.4, -0.2) is 12.3 Å². The number of hydrogen-bond acceptors (Lipinski definition) is 0. The van der Waals surface area contributed by atoms with Crippen LogP contribution in [0.5, 0.6) is 0 Å². The molecule has 0 N–H and O–H groups in total. The summed E-state index contributed by atoms with van der Waals surface area (Å²) in [5.41, 5.74) is 0. The second kappa shape index (κ2) is 1.36. The summed E-state index contributed by atoms with van der Waals surface area (Å²) in [6, 6.07) is 0. The lowest BCUT2D eigenvalue weighted by Crippen LogP contribution is -2.02. The topological polar surface area (TPSA) is 0 Å². The van der Waals surface area contributed by atoms with E-state index in [4.69, 9.17) is 0 Å². The predicted molar refractivity (Wildman–Crippen MR) is 19.1 cm³/mol. The minimum atomic E-state index is -3.06. The van der Waals surface area contributed by atoms with Gasteiger partial charge in [0.25, 0.3) is 5.92 Å². The Hall–Kier alpha value is -0.280. The Balaban J connectivity index is 2.37. The zero-order chi connectivity index (χ0) is 6.36. The first-order chi connectivity index (χ1) is 3.54. The third-order valence-corrected chi connectivity index (χ3v) is 1.18. The molecule has 1 saturated carbocycles. The van der Waals surface area contributed by atoms with Gasteiger partial charge in [0.1, 0.15) is 0 Å². The summed E-state index contributed by atoms with van der Waals surface area (Å²) < 4.78 is 45.6. The van der Waals surface area contributed by atoms with E-state index in [1.54, 1.807) is 0 Å². The van der Waals surface area contributed by atoms with Crippen LogP contribution in [0.3, 0.4) is 0 Å². The Labute approximate surface area is 43.5 Å². The lowest BCUT2D eigenvalue weighted by atomic mass is 10.4. The van der Waals surface area contributed by atoms with Gasteiger partial charge in [-0.05, 0) is 0 Å². The fourth-order valence-electron chi connectivity index (χ4n) is 0.508. The van der Waals surface area contributed by atoms with E-state index in [2.05, 4.69) is 0 Å². The quantitative estimate of drug-likeness (QED) is 0.473. The van der Waals surface area contributed by atoms with Crippen molar-refractivity contribution in [2.75, 3.05) is 0 Å². The van der Waals surface area contributed by atoms with Crippen LogP contribution in [0.1, 0.15) is 6.42 Å². The smallest absolute Gasteiger partial charge is 0.210 e. The summed E-state index contributed by atoms with van der Waals surface area (Å²) in [4.78, 5) is 0. The van der Waals surface area contributed by atoms with Crippen molar-refractivity contribution in [1.82, 2.24) is 0 Å². The van der Waals surface area contributed by atoms with Crippen molar-refractivity contribution >= 4 is 0 Å². The first-order valence-electron chi connectivity index (χ1n) is 2.20. The molecular formula is C4H4F4. The molecule has 1 aliphatic carbocycles. The SMILES string of the molecule is FC(F)[C@@H]1CC1(F)F. The Kier molecular flexibility index (Phi) is 0.994. The monoisotopic (exact) mass is 128 g/mol. The molecule has 8 heavy (non-hydrogen) atoms. The van der Waals surface area contributed by atoms with Crippen molar-refractivity contribution < 1.29 is 17.6 Å². The van der Waals surface area contributed by atoms with Gasteiger partial charge >= 0.3 is 0 Å². The van der Waals surface area contributed by atoms with E-state index in [0.29, 0.717) is 0 Å². The number of rotatable bonds is 1. The first kappa shape index (κ1) is 5.85. The summed E-state index contributed by atoms with van der Waals surface area (Å²) in [7, 11) is 0. The fourth-order valence-corrected chi connectivity index (χ4v) is 0.508. The number of alkyl halides is 4. The molecule has 0 nitrogen and oxygen atoms in total. The molecule has 0 aromatic rings. The molecule has 0 radical (unpaired) electrons. The van der Waals surface area contributed by atoms with E-state index < -0.39 is 24.7 Å². The zero-order valence-electron chi connectivity index (χ0n) is 3.87. The summed E-state index contributed by atoms with van der Waals surface area (Å²) in [6.45, 7) is 0. The van der Waals surface area contributed by atoms with Crippen LogP contribution in [0, 0.1) is 5.92 Å². The van der Waals surface area contributed by atoms with Crippen LogP contribution in [0.25, 0.3) is 0 Å². The van der Waals surface area contributed by atoms with Crippen LogP contribution >= 0.6 is 0 Å². The van der Waals surface area contributed by atoms with Gasteiger partial charge in [0, 0.05) is 6.42 Å². The molecule has 0 spiro atoms. The van der Waals surface area contributed by atoms with Crippen molar-refractivity contribution in [3.05, 3.63) is 0 Å². The highest BCUT2D eigenvalue weighted by molar-refractivity contribution is 4.96. The molecule has 0 bridgehead atoms. The molecule has 0 saturated heterocycles. The minimum absolute atomic E-state index is 0.634. The average molecular weight is 128 g/mol. The average Bonchev–Trinajstić information content (AvgIpc) is 2.13. The van der Waals surface area contributed by atoms with Gasteiger partial charge in [-0.25, -0.2) is 17.6 Å². The van der Waals surface area contributed by atoms with Gasteiger partial charge in [-0.2, -0.15) is 0 Å². The van der Waals surface area contributed by atoms with Crippen LogP contribution in [0.15, 0.2) is 0 Å². The Morgan fingerprint density at radius 3 is 1.75 bits per heavy atom. The second-order valence-corrected chi connectivity index (χ2v) is 1.91. The van der Waals surface area contributed by atoms with Crippen molar-refractivity contribution in [1.29, 1.82) is 0 Å². The maximum absolute atomic E-state index is 11.6. The number of halogens is 4. The van der Waals surface area contributed by atoms with Crippen LogP contribution in [-0.2, 0) is 0 Å². The molecule has 0 aromatic carbocycles. The van der Waals surface area contributed by atoms with E-state index >= 15 is 0 Å². The van der Waals surface area contributed by atoms with Crippen molar-refractivity contribution in [3.63, 3.8) is 0 Å². The van der Waals surface area contributed by atoms with E-state index in [1.807, 2.05) is 0 Å². The van der Waals surface area contributed by atoms with Gasteiger partial charge in [0.15, 0.2) is 0 Å². The standard InChI is InChI=1S/C4H4F4/c5-3(6)2-1-4(2,7)8/h2-3H,1H2/t2-/m0/s1. The van der Waals surface area contributed by atoms with Gasteiger partial charge in [0.2, 0.25) is 6.43 Å². The van der Waals surface area contributed by atoms with Crippen LogP contribution < -0.4 is 0 Å². The normalized spacial score (nSPS) is 33.4. The van der Waals surface area contributed by atoms with Crippen LogP contribution in [0.4, 0.5) is 17.6 Å². The fraction of sp³-hybridized carbons (Fsp3) is 1.00. The van der Waals surface area contributed by atoms with Crippen LogP contribution in [0.2, 0.25) is 0 Å². The molecule has 0 heterocycles. The molecule has 1 rings (SSSR count). The molecular weight excluding hydrogens is 124 g/mol. The molecule has 48 valence electrons. The maximum Gasteiger partial charge on any atom is 0.257 e. The molecule has 0 aliphatic heterocycles. The van der Waals surface area contributed by atoms with Crippen molar-refractivity contribution in [2.45, 2.75) is 18.8 Å². The third kappa shape index (κ3) is 0.788. The second-order valence-electron chi connectivity index (χ2n) is 1.91. The first-order valence-corrected chi connectivity index (χ1v) is 2.20. The van der Waals surface area contributed by atoms with Gasteiger partial charge in [-0.15, -0.1) is 0 Å². The minimum Gasteiger partial charge on any atom is -0.210 e. The highest BCUT2D eigenvalue weighted by atomic mass is 19.3. The Morgan fingerprint density at radius 2 is 1.75 bits per heavy atom. The third-order valence-electron chi connectivity index (χ3n) is 1.18. The van der Waals surface area contributed by atoms with E-state index in [1.165, 1.54) is 0 Å². The van der Waals surface area contributed by atoms with Gasteiger partial charge in [-0.1, -0.05) is 0 Å². The highest BCUT2D eigenvalue weighted by Gasteiger charge is 2.61. The van der Waals surface area contributed by atoms with E-state index in [9.17, 15) is 17.6 Å². The van der Waals surface area contributed by atoms with Crippen molar-refractivity contribution in [3.8, 4) is 0 Å². The molecule has 1 fully saturated rings. The molecule has 0 unspecified atom stereocenters. The predicted octanol–water partition coefficient (Wildman–Crippen LogP) is 1.91. The zero-order valence-corrected chi connectivity index (χ0v) is 3.87. The van der Waals surface area contributed by atoms with Crippen molar-refractivity contribution in [2.24, 2.45) is 5.92 Å². The molecule has 4 heteroatoms. The molecule has 1 atom stereocenters. The maximum atomic E-state index is 11.6. The highest BCUT2D eigenvalue weighted by Crippen LogP contribution is 2.51. The van der Waals surface area contributed by atoms with Gasteiger partial charge in [-0.3, -0.25) is 0 Å². The van der Waals surface area contributed by atoms with E-state index in [-0.39, 0.29) is 0 Å². The summed E-state index contributed by atoms with van der Waals surface area (Å²) in [5.74, 6) is -4.71. The van der Waals surface area contributed by atoms with E-state index in [0.717, 1.165) is 0 Å². The lowest BCUT2D eigenvalue weighted by molar-refractivity contribution is 0.0331. The summed E-state index contributed by atoms with van der Waals surface area (Å²) in [6.07, 6.45) is -3.48. The molecule has 0 aromatic heterocycles. The lowest BCUT2D eigenvalue weighted by Gasteiger charge is -1.91. The summed E-state index contributed by atoms with van der Waals surface area (Å²) in [5, 5.41) is 0.